The van der Waals surface area contributed by atoms with E-state index in [2.05, 4.69) is 0 Å². The molecule has 0 aliphatic rings. The average Bonchev–Trinajstić information content (AvgIpc) is 2.06. The Bertz CT molecular complexity index is 223. The van der Waals surface area contributed by atoms with Crippen molar-refractivity contribution in [1.82, 2.24) is 5.01 Å². The molecule has 0 atom stereocenters. The number of rotatable bonds is 3. The standard InChI is InChI=1S/C8H9N2O/c9-10(7-11)6-8-4-2-1-3-5-8/h1-5H,6,9H2. The molecule has 0 aliphatic carbocycles. The van der Waals surface area contributed by atoms with E-state index in [1.165, 1.54) is 0 Å². The van der Waals surface area contributed by atoms with E-state index >= 15 is 0 Å². The van der Waals surface area contributed by atoms with Crippen molar-refractivity contribution in [2.24, 2.45) is 5.84 Å². The van der Waals surface area contributed by atoms with Crippen molar-refractivity contribution < 1.29 is 4.79 Å². The number of carbonyl (C=O) groups excluding carboxylic acids is 1. The summed E-state index contributed by atoms with van der Waals surface area (Å²) in [6.45, 7) is 0.407. The fourth-order valence-electron chi connectivity index (χ4n) is 0.812. The Morgan fingerprint density at radius 3 is 2.55 bits per heavy atom. The van der Waals surface area contributed by atoms with Crippen molar-refractivity contribution in [3.63, 3.8) is 0 Å². The molecule has 0 heterocycles. The predicted molar refractivity (Wildman–Crippen MR) is 41.9 cm³/mol. The third kappa shape index (κ3) is 2.39. The quantitative estimate of drug-likeness (QED) is 0.293. The molecule has 57 valence electrons. The molecule has 0 saturated carbocycles. The van der Waals surface area contributed by atoms with Crippen LogP contribution in [0.4, 0.5) is 0 Å². The molecule has 0 unspecified atom stereocenters. The summed E-state index contributed by atoms with van der Waals surface area (Å²) in [7, 11) is 0. The van der Waals surface area contributed by atoms with E-state index in [-0.39, 0.29) is 0 Å². The third-order valence-corrected chi connectivity index (χ3v) is 1.31. The van der Waals surface area contributed by atoms with Crippen LogP contribution in [0, 0.1) is 0 Å². The summed E-state index contributed by atoms with van der Waals surface area (Å²) in [5, 5.41) is 0.981. The Morgan fingerprint density at radius 2 is 2.00 bits per heavy atom. The Hall–Kier alpha value is -1.35. The molecule has 0 aliphatic heterocycles. The minimum atomic E-state index is 0.407. The molecular weight excluding hydrogens is 140 g/mol. The largest absolute Gasteiger partial charge is 0.327 e. The lowest BCUT2D eigenvalue weighted by Crippen LogP contribution is -2.28. The van der Waals surface area contributed by atoms with Crippen molar-refractivity contribution in [2.75, 3.05) is 0 Å². The lowest BCUT2D eigenvalue weighted by molar-refractivity contribution is 0.387. The molecule has 3 heteroatoms. The van der Waals surface area contributed by atoms with Gasteiger partial charge in [0.1, 0.15) is 0 Å². The molecule has 1 amide bonds. The Morgan fingerprint density at radius 1 is 1.36 bits per heavy atom. The van der Waals surface area contributed by atoms with Gasteiger partial charge >= 0.3 is 6.41 Å². The van der Waals surface area contributed by atoms with Gasteiger partial charge in [0, 0.05) is 0 Å². The van der Waals surface area contributed by atoms with E-state index < -0.39 is 0 Å². The highest BCUT2D eigenvalue weighted by Gasteiger charge is 1.95. The summed E-state index contributed by atoms with van der Waals surface area (Å²) in [5.74, 6) is 5.21. The van der Waals surface area contributed by atoms with Gasteiger partial charge in [-0.2, -0.15) is 0 Å². The molecule has 2 N–H and O–H groups in total. The van der Waals surface area contributed by atoms with Gasteiger partial charge in [0.25, 0.3) is 0 Å². The van der Waals surface area contributed by atoms with Gasteiger partial charge in [-0.05, 0) is 5.56 Å². The van der Waals surface area contributed by atoms with Crippen molar-refractivity contribution in [2.45, 2.75) is 6.54 Å². The van der Waals surface area contributed by atoms with Gasteiger partial charge in [-0.1, -0.05) is 30.3 Å². The lowest BCUT2D eigenvalue weighted by atomic mass is 10.2. The first-order valence-corrected chi connectivity index (χ1v) is 3.27. The molecular formula is C8H9N2O. The highest BCUT2D eigenvalue weighted by atomic mass is 16.1. The molecule has 0 bridgehead atoms. The zero-order valence-electron chi connectivity index (χ0n) is 6.03. The SMILES string of the molecule is NN([C]=O)Cc1ccccc1. The van der Waals surface area contributed by atoms with Crippen LogP contribution in [0.25, 0.3) is 0 Å². The van der Waals surface area contributed by atoms with Crippen molar-refractivity contribution in [3.8, 4) is 0 Å². The molecule has 0 aromatic heterocycles. The summed E-state index contributed by atoms with van der Waals surface area (Å²) >= 11 is 0. The molecule has 3 nitrogen and oxygen atoms in total. The first-order chi connectivity index (χ1) is 5.33. The van der Waals surface area contributed by atoms with E-state index in [0.717, 1.165) is 10.6 Å². The first-order valence-electron chi connectivity index (χ1n) is 3.27. The maximum Gasteiger partial charge on any atom is 0.327 e. The van der Waals surface area contributed by atoms with Gasteiger partial charge in [-0.15, -0.1) is 0 Å². The Labute approximate surface area is 65.4 Å². The second-order valence-corrected chi connectivity index (χ2v) is 2.20. The van der Waals surface area contributed by atoms with Crippen LogP contribution in [0.2, 0.25) is 0 Å². The van der Waals surface area contributed by atoms with Crippen LogP contribution >= 0.6 is 0 Å². The smallest absolute Gasteiger partial charge is 0.268 e. The fraction of sp³-hybridized carbons (Fsp3) is 0.125. The van der Waals surface area contributed by atoms with Gasteiger partial charge in [-0.3, -0.25) is 9.80 Å². The van der Waals surface area contributed by atoms with E-state index in [9.17, 15) is 4.79 Å². The number of hydrogen-bond donors (Lipinski definition) is 1. The van der Waals surface area contributed by atoms with Crippen molar-refractivity contribution in [1.29, 1.82) is 0 Å². The molecule has 1 rings (SSSR count). The number of amides is 1. The van der Waals surface area contributed by atoms with Crippen molar-refractivity contribution >= 4 is 6.41 Å². The fourth-order valence-corrected chi connectivity index (χ4v) is 0.812. The van der Waals surface area contributed by atoms with Crippen LogP contribution in [-0.2, 0) is 11.3 Å². The van der Waals surface area contributed by atoms with Crippen LogP contribution in [-0.4, -0.2) is 11.4 Å². The van der Waals surface area contributed by atoms with Crippen LogP contribution in [0.5, 0.6) is 0 Å². The molecule has 0 saturated heterocycles. The second kappa shape index (κ2) is 3.73. The summed E-state index contributed by atoms with van der Waals surface area (Å²) in [6.07, 6.45) is 1.57. The number of benzene rings is 1. The Kier molecular flexibility index (Phi) is 2.63. The summed E-state index contributed by atoms with van der Waals surface area (Å²) in [6, 6.07) is 9.51. The molecule has 1 aromatic rings. The maximum absolute atomic E-state index is 9.99. The van der Waals surface area contributed by atoms with E-state index in [0.29, 0.717) is 6.54 Å². The summed E-state index contributed by atoms with van der Waals surface area (Å²) < 4.78 is 0. The first kappa shape index (κ1) is 7.75. The van der Waals surface area contributed by atoms with E-state index in [4.69, 9.17) is 5.84 Å². The molecule has 1 radical (unpaired) electrons. The highest BCUT2D eigenvalue weighted by Crippen LogP contribution is 1.98. The number of hydrogen-bond acceptors (Lipinski definition) is 2. The third-order valence-electron chi connectivity index (χ3n) is 1.31. The average molecular weight is 149 g/mol. The monoisotopic (exact) mass is 149 g/mol. The number of hydrazine groups is 1. The molecule has 0 spiro atoms. The molecule has 1 aromatic carbocycles. The normalized spacial score (nSPS) is 9.18. The van der Waals surface area contributed by atoms with Gasteiger partial charge in [0.15, 0.2) is 0 Å². The second-order valence-electron chi connectivity index (χ2n) is 2.20. The molecule has 0 fully saturated rings. The molecule has 11 heavy (non-hydrogen) atoms. The van der Waals surface area contributed by atoms with Gasteiger partial charge in [0.05, 0.1) is 6.54 Å². The number of nitrogens with zero attached hydrogens (tertiary/aromatic N) is 1. The minimum absolute atomic E-state index is 0.407. The predicted octanol–water partition coefficient (Wildman–Crippen LogP) is 0.429. The highest BCUT2D eigenvalue weighted by molar-refractivity contribution is 5.47. The van der Waals surface area contributed by atoms with Crippen molar-refractivity contribution in [3.05, 3.63) is 35.9 Å². The van der Waals surface area contributed by atoms with Gasteiger partial charge in [0.2, 0.25) is 0 Å². The topological polar surface area (TPSA) is 46.3 Å². The van der Waals surface area contributed by atoms with E-state index in [1.807, 2.05) is 30.3 Å². The zero-order valence-corrected chi connectivity index (χ0v) is 6.03. The maximum atomic E-state index is 9.99. The summed E-state index contributed by atoms with van der Waals surface area (Å²) in [5.41, 5.74) is 0.998. The van der Waals surface area contributed by atoms with Crippen LogP contribution in [0.3, 0.4) is 0 Å². The van der Waals surface area contributed by atoms with E-state index in [1.54, 1.807) is 6.41 Å². The van der Waals surface area contributed by atoms with Gasteiger partial charge < -0.3 is 0 Å². The minimum Gasteiger partial charge on any atom is -0.268 e. The van der Waals surface area contributed by atoms with Crippen LogP contribution < -0.4 is 5.84 Å². The zero-order chi connectivity index (χ0) is 8.10. The van der Waals surface area contributed by atoms with Crippen LogP contribution in [0.1, 0.15) is 5.56 Å². The Balaban J connectivity index is 2.57. The van der Waals surface area contributed by atoms with Crippen LogP contribution in [0.15, 0.2) is 30.3 Å². The van der Waals surface area contributed by atoms with Gasteiger partial charge in [-0.25, -0.2) is 5.84 Å². The summed E-state index contributed by atoms with van der Waals surface area (Å²) in [4.78, 5) is 9.99. The lowest BCUT2D eigenvalue weighted by Gasteiger charge is -2.07. The number of nitrogens with two attached hydrogens (primary N) is 1.